The second-order valence-electron chi connectivity index (χ2n) is 4.46. The molecule has 3 aromatic carbocycles. The smallest absolute Gasteiger partial charge is 0.784 e. The Kier molecular flexibility index (Phi) is 8.77. The van der Waals surface area contributed by atoms with E-state index in [-0.39, 0.29) is 29.6 Å². The van der Waals surface area contributed by atoms with Gasteiger partial charge in [-0.25, -0.2) is 0 Å². The summed E-state index contributed by atoms with van der Waals surface area (Å²) in [7, 11) is 0. The molecule has 0 bridgehead atoms. The molecule has 0 unspecified atom stereocenters. The van der Waals surface area contributed by atoms with E-state index < -0.39 is 11.4 Å². The molecule has 3 aromatic rings. The van der Waals surface area contributed by atoms with Gasteiger partial charge in [0.05, 0.1) is 11.4 Å². The Hall–Kier alpha value is -1.61. The van der Waals surface area contributed by atoms with Crippen molar-refractivity contribution in [1.29, 1.82) is 0 Å². The minimum Gasteiger partial charge on any atom is -0.784 e. The van der Waals surface area contributed by atoms with Gasteiger partial charge in [-0.3, -0.25) is 4.21 Å². The Labute approximate surface area is 164 Å². The summed E-state index contributed by atoms with van der Waals surface area (Å²) in [5, 5.41) is 10.6. The molecule has 3 rings (SSSR count). The van der Waals surface area contributed by atoms with Gasteiger partial charge in [0, 0.05) is 16.5 Å². The fourth-order valence-electron chi connectivity index (χ4n) is 2.00. The van der Waals surface area contributed by atoms with E-state index in [1.165, 1.54) is 0 Å². The first-order valence-corrected chi connectivity index (χ1v) is 7.58. The molecule has 2 N–H and O–H groups in total. The van der Waals surface area contributed by atoms with Gasteiger partial charge in [-0.05, 0) is 24.3 Å². The first-order valence-electron chi connectivity index (χ1n) is 6.58. The van der Waals surface area contributed by atoms with Crippen molar-refractivity contribution >= 4 is 39.2 Å². The molecule has 0 aliphatic rings. The maximum Gasteiger partial charge on any atom is 1.00 e. The summed E-state index contributed by atoms with van der Waals surface area (Å²) in [4.78, 5) is 0. The molecule has 24 heavy (non-hydrogen) atoms. The van der Waals surface area contributed by atoms with Crippen LogP contribution in [0.15, 0.2) is 77.0 Å². The fourth-order valence-corrected chi connectivity index (χ4v) is 2.00. The molecule has 118 valence electrons. The van der Waals surface area contributed by atoms with Crippen LogP contribution in [0.4, 0.5) is 17.1 Å². The van der Waals surface area contributed by atoms with Crippen LogP contribution in [0.2, 0.25) is 0 Å². The van der Waals surface area contributed by atoms with Crippen molar-refractivity contribution in [3.05, 3.63) is 66.7 Å². The molecular weight excluding hydrogens is 337 g/mol. The van der Waals surface area contributed by atoms with Crippen molar-refractivity contribution in [3.63, 3.8) is 0 Å². The van der Waals surface area contributed by atoms with Crippen LogP contribution in [0, 0.1) is 0 Å². The Balaban J connectivity index is 0.000000522. The number of anilines is 1. The molecule has 0 fully saturated rings. The van der Waals surface area contributed by atoms with Gasteiger partial charge in [-0.15, -0.1) is 16.5 Å². The van der Waals surface area contributed by atoms with Crippen molar-refractivity contribution in [2.24, 2.45) is 10.2 Å². The first-order chi connectivity index (χ1) is 11.1. The monoisotopic (exact) mass is 350 g/mol. The topological polar surface area (TPSA) is 114 Å². The zero-order valence-corrected chi connectivity index (χ0v) is 15.8. The minimum absolute atomic E-state index is 0. The molecule has 0 spiro atoms. The number of rotatable bonds is 2. The van der Waals surface area contributed by atoms with E-state index in [1.54, 1.807) is 0 Å². The van der Waals surface area contributed by atoms with Crippen molar-refractivity contribution in [2.75, 3.05) is 5.73 Å². The van der Waals surface area contributed by atoms with E-state index >= 15 is 0 Å². The maximum atomic E-state index is 8.44. The second kappa shape index (κ2) is 10.3. The summed E-state index contributed by atoms with van der Waals surface area (Å²) in [6, 6.07) is 21.4. The van der Waals surface area contributed by atoms with Crippen molar-refractivity contribution in [2.45, 2.75) is 0 Å². The largest absolute Gasteiger partial charge is 1.00 e. The number of nitrogens with two attached hydrogens (primary N) is 1. The second-order valence-corrected chi connectivity index (χ2v) is 4.87. The summed E-state index contributed by atoms with van der Waals surface area (Å²) in [5.41, 5.74) is 8.38. The van der Waals surface area contributed by atoms with Crippen LogP contribution in [0.1, 0.15) is 0 Å². The number of azo groups is 1. The van der Waals surface area contributed by atoms with E-state index in [4.69, 9.17) is 19.0 Å². The van der Waals surface area contributed by atoms with Crippen LogP contribution in [0.3, 0.4) is 0 Å². The molecular formula is C16H13N3NaO3S-. The molecule has 0 aromatic heterocycles. The van der Waals surface area contributed by atoms with E-state index in [2.05, 4.69) is 10.2 Å². The standard InChI is InChI=1S/C16H13N3.Na.H2O3S/c17-15-10-11-16(14-9-5-4-8-13(14)15)19-18-12-6-2-1-3-7-12;;1-4(2)3/h1-11H,17H2;;(H2,1,2,3)/q;+1;/p-2. The normalized spacial score (nSPS) is 10.3. The third-order valence-corrected chi connectivity index (χ3v) is 2.96. The van der Waals surface area contributed by atoms with Crippen LogP contribution < -0.4 is 35.3 Å². The van der Waals surface area contributed by atoms with Crippen molar-refractivity contribution < 1.29 is 42.9 Å². The molecule has 6 nitrogen and oxygen atoms in total. The zero-order chi connectivity index (χ0) is 16.7. The van der Waals surface area contributed by atoms with Crippen molar-refractivity contribution in [3.8, 4) is 0 Å². The summed E-state index contributed by atoms with van der Waals surface area (Å²) in [6.07, 6.45) is 0. The number of nitrogens with zero attached hydrogens (tertiary/aromatic N) is 2. The Bertz CT molecular complexity index is 840. The van der Waals surface area contributed by atoms with E-state index in [0.717, 1.165) is 27.8 Å². The number of hydrogen-bond donors (Lipinski definition) is 1. The van der Waals surface area contributed by atoms with Crippen LogP contribution in [-0.2, 0) is 11.4 Å². The molecule has 0 heterocycles. The van der Waals surface area contributed by atoms with Gasteiger partial charge in [0.15, 0.2) is 0 Å². The summed E-state index contributed by atoms with van der Waals surface area (Å²) in [5.74, 6) is 0. The number of nitrogen functional groups attached to an aromatic ring is 1. The quantitative estimate of drug-likeness (QED) is 0.319. The zero-order valence-electron chi connectivity index (χ0n) is 13.0. The van der Waals surface area contributed by atoms with Gasteiger partial charge >= 0.3 is 29.6 Å². The Morgan fingerprint density at radius 2 is 1.33 bits per heavy atom. The maximum absolute atomic E-state index is 8.44. The van der Waals surface area contributed by atoms with Crippen molar-refractivity contribution in [1.82, 2.24) is 0 Å². The third-order valence-electron chi connectivity index (χ3n) is 2.96. The molecule has 0 aliphatic carbocycles. The minimum atomic E-state index is -3.11. The SMILES string of the molecule is Nc1ccc(N=Nc2ccccc2)c2ccccc12.O=S([O-])[O-].[Na+]. The molecule has 0 atom stereocenters. The van der Waals surface area contributed by atoms with E-state index in [1.807, 2.05) is 66.7 Å². The molecule has 8 heteroatoms. The number of fused-ring (bicyclic) bond motifs is 1. The van der Waals surface area contributed by atoms with Gasteiger partial charge in [-0.1, -0.05) is 42.5 Å². The molecule has 0 saturated heterocycles. The third kappa shape index (κ3) is 6.12. The predicted molar refractivity (Wildman–Crippen MR) is 88.7 cm³/mol. The molecule has 0 aliphatic heterocycles. The Morgan fingerprint density at radius 3 is 1.96 bits per heavy atom. The van der Waals surface area contributed by atoms with Crippen LogP contribution in [-0.4, -0.2) is 13.3 Å². The molecule has 0 amide bonds. The van der Waals surface area contributed by atoms with Gasteiger partial charge in [0.25, 0.3) is 0 Å². The summed E-state index contributed by atoms with van der Waals surface area (Å²) >= 11 is -3.11. The fraction of sp³-hybridized carbons (Fsp3) is 0. The number of benzene rings is 3. The average Bonchev–Trinajstić information content (AvgIpc) is 2.55. The van der Waals surface area contributed by atoms with Crippen LogP contribution >= 0.6 is 0 Å². The van der Waals surface area contributed by atoms with E-state index in [0.29, 0.717) is 0 Å². The predicted octanol–water partition coefficient (Wildman–Crippen LogP) is 0.837. The Morgan fingerprint density at radius 1 is 0.792 bits per heavy atom. The molecule has 0 saturated carbocycles. The van der Waals surface area contributed by atoms with Crippen LogP contribution in [0.25, 0.3) is 10.8 Å². The first kappa shape index (κ1) is 20.4. The average molecular weight is 350 g/mol. The van der Waals surface area contributed by atoms with Gasteiger partial charge in [0.2, 0.25) is 0 Å². The van der Waals surface area contributed by atoms with E-state index in [9.17, 15) is 0 Å². The van der Waals surface area contributed by atoms with Gasteiger partial charge < -0.3 is 14.8 Å². The van der Waals surface area contributed by atoms with Gasteiger partial charge in [-0.2, -0.15) is 5.11 Å². The number of hydrogen-bond acceptors (Lipinski definition) is 6. The summed E-state index contributed by atoms with van der Waals surface area (Å²) < 4.78 is 25.3. The van der Waals surface area contributed by atoms with Gasteiger partial charge in [0.1, 0.15) is 0 Å². The molecule has 0 radical (unpaired) electrons. The summed E-state index contributed by atoms with van der Waals surface area (Å²) in [6.45, 7) is 0. The van der Waals surface area contributed by atoms with Crippen LogP contribution in [0.5, 0.6) is 0 Å².